The smallest absolute Gasteiger partial charge is 0.144 e. The predicted molar refractivity (Wildman–Crippen MR) is 143 cm³/mol. The van der Waals surface area contributed by atoms with Gasteiger partial charge < -0.3 is 25.4 Å². The van der Waals surface area contributed by atoms with Crippen molar-refractivity contribution in [3.63, 3.8) is 0 Å². The molecular weight excluding hydrogens is 476 g/mol. The SMILES string of the molecule is CN1CCCC(Oc2cc3ncnc(Nc4ccc(OCc5ccccn5)c(Cl)c4)c3cc2N)CC1. The number of nitrogens with two attached hydrogens (primary N) is 1. The van der Waals surface area contributed by atoms with Gasteiger partial charge in [-0.05, 0) is 69.3 Å². The molecule has 0 bridgehead atoms. The molecule has 2 aromatic carbocycles. The van der Waals surface area contributed by atoms with E-state index in [4.69, 9.17) is 26.8 Å². The average molecular weight is 505 g/mol. The van der Waals surface area contributed by atoms with Crippen LogP contribution in [0.25, 0.3) is 10.9 Å². The highest BCUT2D eigenvalue weighted by atomic mass is 35.5. The minimum absolute atomic E-state index is 0.148. The summed E-state index contributed by atoms with van der Waals surface area (Å²) < 4.78 is 12.1. The maximum Gasteiger partial charge on any atom is 0.144 e. The van der Waals surface area contributed by atoms with Gasteiger partial charge >= 0.3 is 0 Å². The number of benzene rings is 2. The van der Waals surface area contributed by atoms with E-state index in [2.05, 4.69) is 32.2 Å². The molecule has 0 amide bonds. The molecule has 8 nitrogen and oxygen atoms in total. The first-order valence-electron chi connectivity index (χ1n) is 12.0. The Kier molecular flexibility index (Phi) is 7.34. The number of anilines is 3. The fourth-order valence-electron chi connectivity index (χ4n) is 4.28. The van der Waals surface area contributed by atoms with E-state index >= 15 is 0 Å². The Hall–Kier alpha value is -3.62. The molecule has 2 aromatic heterocycles. The molecule has 0 aliphatic carbocycles. The number of fused-ring (bicyclic) bond motifs is 1. The molecule has 1 aliphatic rings. The summed E-state index contributed by atoms with van der Waals surface area (Å²) in [5.74, 6) is 1.88. The van der Waals surface area contributed by atoms with Gasteiger partial charge in [0.1, 0.15) is 36.4 Å². The van der Waals surface area contributed by atoms with Crippen molar-refractivity contribution < 1.29 is 9.47 Å². The van der Waals surface area contributed by atoms with Crippen molar-refractivity contribution >= 4 is 39.7 Å². The molecule has 1 aliphatic heterocycles. The second kappa shape index (κ2) is 11.0. The average Bonchev–Trinajstić information content (AvgIpc) is 3.09. The Morgan fingerprint density at radius 3 is 2.81 bits per heavy atom. The topological polar surface area (TPSA) is 98.4 Å². The highest BCUT2D eigenvalue weighted by Gasteiger charge is 2.18. The molecule has 0 radical (unpaired) electrons. The van der Waals surface area contributed by atoms with Crippen molar-refractivity contribution in [2.75, 3.05) is 31.2 Å². The van der Waals surface area contributed by atoms with Crippen LogP contribution in [0.5, 0.6) is 11.5 Å². The third-order valence-corrected chi connectivity index (χ3v) is 6.55. The lowest BCUT2D eigenvalue weighted by atomic mass is 10.1. The molecule has 3 N–H and O–H groups in total. The maximum atomic E-state index is 6.48. The van der Waals surface area contributed by atoms with Gasteiger partial charge in [-0.2, -0.15) is 0 Å². The molecule has 1 unspecified atom stereocenters. The summed E-state index contributed by atoms with van der Waals surface area (Å²) in [6, 6.07) is 15.0. The number of ether oxygens (including phenoxy) is 2. The van der Waals surface area contributed by atoms with Crippen LogP contribution >= 0.6 is 11.6 Å². The summed E-state index contributed by atoms with van der Waals surface area (Å²) in [6.45, 7) is 2.45. The van der Waals surface area contributed by atoms with Gasteiger partial charge in [-0.25, -0.2) is 9.97 Å². The van der Waals surface area contributed by atoms with Crippen LogP contribution in [0, 0.1) is 0 Å². The number of nitrogens with zero attached hydrogens (tertiary/aromatic N) is 4. The number of hydrogen-bond donors (Lipinski definition) is 2. The van der Waals surface area contributed by atoms with E-state index in [0.717, 1.165) is 54.6 Å². The highest BCUT2D eigenvalue weighted by Crippen LogP contribution is 2.34. The van der Waals surface area contributed by atoms with E-state index in [1.54, 1.807) is 12.3 Å². The summed E-state index contributed by atoms with van der Waals surface area (Å²) in [5.41, 5.74) is 9.31. The third-order valence-electron chi connectivity index (χ3n) is 6.26. The zero-order chi connectivity index (χ0) is 24.9. The number of hydrogen-bond acceptors (Lipinski definition) is 8. The number of nitrogen functional groups attached to an aromatic ring is 1. The Balaban J connectivity index is 1.31. The van der Waals surface area contributed by atoms with Crippen LogP contribution in [0.15, 0.2) is 61.1 Å². The van der Waals surface area contributed by atoms with Crippen LogP contribution in [0.3, 0.4) is 0 Å². The van der Waals surface area contributed by atoms with Crippen molar-refractivity contribution in [1.29, 1.82) is 0 Å². The van der Waals surface area contributed by atoms with Gasteiger partial charge in [-0.3, -0.25) is 4.98 Å². The number of halogens is 1. The Bertz CT molecular complexity index is 1340. The fourth-order valence-corrected chi connectivity index (χ4v) is 4.51. The molecule has 3 heterocycles. The molecule has 1 saturated heterocycles. The zero-order valence-corrected chi connectivity index (χ0v) is 20.9. The van der Waals surface area contributed by atoms with Gasteiger partial charge in [0.25, 0.3) is 0 Å². The molecule has 186 valence electrons. The predicted octanol–water partition coefficient (Wildman–Crippen LogP) is 5.45. The molecule has 0 spiro atoms. The standard InChI is InChI=1S/C27H29ClN6O2/c1-34-11-4-6-20(9-12-34)36-26-15-24-21(14-23(26)29)27(32-17-31-24)33-18-7-8-25(22(28)13-18)35-16-19-5-2-3-10-30-19/h2-3,5,7-8,10,13-15,17,20H,4,6,9,11-12,16,29H2,1H3,(H,31,32,33). The van der Waals surface area contributed by atoms with Crippen LogP contribution in [0.1, 0.15) is 25.0 Å². The molecule has 9 heteroatoms. The van der Waals surface area contributed by atoms with Crippen LogP contribution < -0.4 is 20.5 Å². The first kappa shape index (κ1) is 24.1. The summed E-state index contributed by atoms with van der Waals surface area (Å²) >= 11 is 6.48. The number of nitrogens with one attached hydrogen (secondary N) is 1. The normalized spacial score (nSPS) is 16.4. The van der Waals surface area contributed by atoms with Gasteiger partial charge in [0.2, 0.25) is 0 Å². The third kappa shape index (κ3) is 5.78. The zero-order valence-electron chi connectivity index (χ0n) is 20.2. The molecule has 0 saturated carbocycles. The van der Waals surface area contributed by atoms with Crippen LogP contribution in [-0.4, -0.2) is 46.1 Å². The molecule has 36 heavy (non-hydrogen) atoms. The van der Waals surface area contributed by atoms with Gasteiger partial charge in [0, 0.05) is 29.9 Å². The Morgan fingerprint density at radius 2 is 1.97 bits per heavy atom. The lowest BCUT2D eigenvalue weighted by Crippen LogP contribution is -2.21. The van der Waals surface area contributed by atoms with Gasteiger partial charge in [0.15, 0.2) is 0 Å². The lowest BCUT2D eigenvalue weighted by Gasteiger charge is -2.19. The largest absolute Gasteiger partial charge is 0.488 e. The lowest BCUT2D eigenvalue weighted by molar-refractivity contribution is 0.184. The maximum absolute atomic E-state index is 6.48. The van der Waals surface area contributed by atoms with E-state index in [9.17, 15) is 0 Å². The number of likely N-dealkylation sites (tertiary alicyclic amines) is 1. The minimum Gasteiger partial charge on any atom is -0.488 e. The van der Waals surface area contributed by atoms with Crippen molar-refractivity contribution in [1.82, 2.24) is 19.9 Å². The van der Waals surface area contributed by atoms with Crippen molar-refractivity contribution in [3.8, 4) is 11.5 Å². The van der Waals surface area contributed by atoms with Crippen molar-refractivity contribution in [2.24, 2.45) is 0 Å². The van der Waals surface area contributed by atoms with Gasteiger partial charge in [0.05, 0.1) is 21.9 Å². The summed E-state index contributed by atoms with van der Waals surface area (Å²) in [4.78, 5) is 15.5. The van der Waals surface area contributed by atoms with Crippen molar-refractivity contribution in [2.45, 2.75) is 32.0 Å². The van der Waals surface area contributed by atoms with Gasteiger partial charge in [-0.15, -0.1) is 0 Å². The number of aromatic nitrogens is 3. The van der Waals surface area contributed by atoms with Crippen LogP contribution in [-0.2, 0) is 6.61 Å². The summed E-state index contributed by atoms with van der Waals surface area (Å²) in [5, 5.41) is 4.61. The van der Waals surface area contributed by atoms with E-state index in [1.807, 2.05) is 42.5 Å². The Labute approximate surface area is 215 Å². The molecule has 1 atom stereocenters. The second-order valence-corrected chi connectivity index (χ2v) is 9.39. The summed E-state index contributed by atoms with van der Waals surface area (Å²) in [6.07, 6.45) is 6.51. The number of rotatable bonds is 7. The fraction of sp³-hybridized carbons (Fsp3) is 0.296. The quantitative estimate of drug-likeness (QED) is 0.321. The van der Waals surface area contributed by atoms with E-state index < -0.39 is 0 Å². The molecule has 4 aromatic rings. The Morgan fingerprint density at radius 1 is 1.06 bits per heavy atom. The highest BCUT2D eigenvalue weighted by molar-refractivity contribution is 6.32. The molecular formula is C27H29ClN6O2. The molecule has 1 fully saturated rings. The van der Waals surface area contributed by atoms with Crippen LogP contribution in [0.2, 0.25) is 5.02 Å². The second-order valence-electron chi connectivity index (χ2n) is 8.98. The van der Waals surface area contributed by atoms with E-state index in [-0.39, 0.29) is 6.10 Å². The minimum atomic E-state index is 0.148. The summed E-state index contributed by atoms with van der Waals surface area (Å²) in [7, 11) is 2.15. The van der Waals surface area contributed by atoms with E-state index in [0.29, 0.717) is 34.6 Å². The van der Waals surface area contributed by atoms with Crippen molar-refractivity contribution in [3.05, 3.63) is 71.8 Å². The first-order valence-corrected chi connectivity index (χ1v) is 12.4. The number of pyridine rings is 1. The molecule has 5 rings (SSSR count). The van der Waals surface area contributed by atoms with E-state index in [1.165, 1.54) is 6.33 Å². The van der Waals surface area contributed by atoms with Crippen LogP contribution in [0.4, 0.5) is 17.2 Å². The monoisotopic (exact) mass is 504 g/mol. The first-order chi connectivity index (χ1) is 17.5. The van der Waals surface area contributed by atoms with Gasteiger partial charge in [-0.1, -0.05) is 17.7 Å².